The molecule has 1 fully saturated rings. The zero-order valence-corrected chi connectivity index (χ0v) is 13.5. The number of halogens is 1. The number of piperazine rings is 1. The van der Waals surface area contributed by atoms with Crippen LogP contribution in [-0.2, 0) is 9.59 Å². The summed E-state index contributed by atoms with van der Waals surface area (Å²) in [6.07, 6.45) is 0. The van der Waals surface area contributed by atoms with Crippen LogP contribution in [-0.4, -0.2) is 48.0 Å². The molecule has 2 aromatic rings. The van der Waals surface area contributed by atoms with E-state index < -0.39 is 11.8 Å². The molecular formula is C18H18FN3O3. The Kier molecular flexibility index (Phi) is 4.83. The first-order chi connectivity index (χ1) is 12.1. The number of rotatable bonds is 2. The van der Waals surface area contributed by atoms with Gasteiger partial charge in [-0.25, -0.2) is 4.39 Å². The molecule has 0 aliphatic carbocycles. The Morgan fingerprint density at radius 2 is 1.60 bits per heavy atom. The van der Waals surface area contributed by atoms with E-state index in [0.29, 0.717) is 31.9 Å². The van der Waals surface area contributed by atoms with Crippen molar-refractivity contribution in [3.63, 3.8) is 0 Å². The summed E-state index contributed by atoms with van der Waals surface area (Å²) in [4.78, 5) is 27.6. The molecule has 0 spiro atoms. The summed E-state index contributed by atoms with van der Waals surface area (Å²) in [6.45, 7) is 1.52. The van der Waals surface area contributed by atoms with Crippen molar-refractivity contribution in [3.8, 4) is 5.75 Å². The molecule has 1 heterocycles. The fourth-order valence-electron chi connectivity index (χ4n) is 2.76. The zero-order valence-electron chi connectivity index (χ0n) is 13.5. The largest absolute Gasteiger partial charge is 0.506 e. The van der Waals surface area contributed by atoms with Crippen molar-refractivity contribution in [2.24, 2.45) is 0 Å². The molecule has 0 bridgehead atoms. The van der Waals surface area contributed by atoms with Crippen molar-refractivity contribution in [2.45, 2.75) is 0 Å². The number of hydrogen-bond donors (Lipinski definition) is 2. The van der Waals surface area contributed by atoms with Crippen molar-refractivity contribution in [1.82, 2.24) is 4.90 Å². The normalized spacial score (nSPS) is 14.3. The lowest BCUT2D eigenvalue weighted by molar-refractivity contribution is -0.143. The predicted octanol–water partition coefficient (Wildman–Crippen LogP) is 1.82. The Balaban J connectivity index is 1.59. The summed E-state index contributed by atoms with van der Waals surface area (Å²) in [6, 6.07) is 12.7. The van der Waals surface area contributed by atoms with Crippen molar-refractivity contribution in [3.05, 3.63) is 54.3 Å². The molecule has 1 aliphatic rings. The average molecular weight is 343 g/mol. The van der Waals surface area contributed by atoms with Gasteiger partial charge in [-0.3, -0.25) is 9.59 Å². The molecule has 2 N–H and O–H groups in total. The minimum absolute atomic E-state index is 0.104. The van der Waals surface area contributed by atoms with Crippen LogP contribution in [0.2, 0.25) is 0 Å². The number of carbonyl (C=O) groups is 2. The Morgan fingerprint density at radius 1 is 0.960 bits per heavy atom. The molecular weight excluding hydrogens is 325 g/mol. The van der Waals surface area contributed by atoms with E-state index in [9.17, 15) is 19.1 Å². The zero-order chi connectivity index (χ0) is 17.8. The highest BCUT2D eigenvalue weighted by Crippen LogP contribution is 2.22. The molecule has 2 aromatic carbocycles. The second kappa shape index (κ2) is 7.21. The molecule has 0 radical (unpaired) electrons. The first kappa shape index (κ1) is 16.8. The second-order valence-electron chi connectivity index (χ2n) is 5.70. The van der Waals surface area contributed by atoms with Crippen LogP contribution < -0.4 is 10.2 Å². The third-order valence-electron chi connectivity index (χ3n) is 4.11. The van der Waals surface area contributed by atoms with E-state index in [0.717, 1.165) is 0 Å². The van der Waals surface area contributed by atoms with Gasteiger partial charge in [-0.05, 0) is 24.3 Å². The molecule has 7 heteroatoms. The van der Waals surface area contributed by atoms with E-state index in [-0.39, 0.29) is 17.3 Å². The number of hydrogen-bond acceptors (Lipinski definition) is 4. The SMILES string of the molecule is O=C(Nc1ccccc1O)C(=O)N1CCN(c2ccccc2F)CC1. The number of benzene rings is 2. The molecule has 3 rings (SSSR count). The number of phenolic OH excluding ortho intramolecular Hbond substituents is 1. The number of anilines is 2. The number of amides is 2. The van der Waals surface area contributed by atoms with Gasteiger partial charge < -0.3 is 20.2 Å². The van der Waals surface area contributed by atoms with Gasteiger partial charge in [-0.15, -0.1) is 0 Å². The minimum atomic E-state index is -0.805. The summed E-state index contributed by atoms with van der Waals surface area (Å²) in [5, 5.41) is 12.1. The van der Waals surface area contributed by atoms with E-state index >= 15 is 0 Å². The van der Waals surface area contributed by atoms with Gasteiger partial charge in [-0.1, -0.05) is 24.3 Å². The first-order valence-corrected chi connectivity index (χ1v) is 7.94. The van der Waals surface area contributed by atoms with Gasteiger partial charge in [0.15, 0.2) is 0 Å². The summed E-state index contributed by atoms with van der Waals surface area (Å²) >= 11 is 0. The van der Waals surface area contributed by atoms with E-state index in [4.69, 9.17) is 0 Å². The van der Waals surface area contributed by atoms with Crippen molar-refractivity contribution in [1.29, 1.82) is 0 Å². The number of nitrogens with one attached hydrogen (secondary N) is 1. The third-order valence-corrected chi connectivity index (χ3v) is 4.11. The lowest BCUT2D eigenvalue weighted by Gasteiger charge is -2.35. The van der Waals surface area contributed by atoms with Crippen LogP contribution >= 0.6 is 0 Å². The summed E-state index contributed by atoms with van der Waals surface area (Å²) in [5.41, 5.74) is 0.680. The van der Waals surface area contributed by atoms with Gasteiger partial charge in [0.25, 0.3) is 0 Å². The van der Waals surface area contributed by atoms with E-state index in [2.05, 4.69) is 5.32 Å². The van der Waals surface area contributed by atoms with Crippen molar-refractivity contribution < 1.29 is 19.1 Å². The van der Waals surface area contributed by atoms with Crippen LogP contribution in [0.4, 0.5) is 15.8 Å². The van der Waals surface area contributed by atoms with Gasteiger partial charge in [0, 0.05) is 26.2 Å². The molecule has 0 unspecified atom stereocenters. The second-order valence-corrected chi connectivity index (χ2v) is 5.70. The number of aromatic hydroxyl groups is 1. The number of carbonyl (C=O) groups excluding carboxylic acids is 2. The van der Waals surface area contributed by atoms with Crippen LogP contribution in [0.15, 0.2) is 48.5 Å². The lowest BCUT2D eigenvalue weighted by atomic mass is 10.2. The molecule has 1 aliphatic heterocycles. The Bertz CT molecular complexity index is 789. The predicted molar refractivity (Wildman–Crippen MR) is 91.9 cm³/mol. The fourth-order valence-corrected chi connectivity index (χ4v) is 2.76. The maximum absolute atomic E-state index is 13.8. The summed E-state index contributed by atoms with van der Waals surface area (Å²) in [5.74, 6) is -1.88. The number of para-hydroxylation sites is 3. The topological polar surface area (TPSA) is 72.9 Å². The first-order valence-electron chi connectivity index (χ1n) is 7.94. The van der Waals surface area contributed by atoms with Crippen LogP contribution in [0, 0.1) is 5.82 Å². The van der Waals surface area contributed by atoms with Crippen LogP contribution in [0.1, 0.15) is 0 Å². The van der Waals surface area contributed by atoms with E-state index in [1.54, 1.807) is 30.3 Å². The Hall–Kier alpha value is -3.09. The van der Waals surface area contributed by atoms with Crippen LogP contribution in [0.3, 0.4) is 0 Å². The Morgan fingerprint density at radius 3 is 2.28 bits per heavy atom. The monoisotopic (exact) mass is 343 g/mol. The quantitative estimate of drug-likeness (QED) is 0.644. The fraction of sp³-hybridized carbons (Fsp3) is 0.222. The third kappa shape index (κ3) is 3.71. The number of nitrogens with zero attached hydrogens (tertiary/aromatic N) is 2. The van der Waals surface area contributed by atoms with Crippen molar-refractivity contribution in [2.75, 3.05) is 36.4 Å². The highest BCUT2D eigenvalue weighted by Gasteiger charge is 2.27. The van der Waals surface area contributed by atoms with Crippen LogP contribution in [0.25, 0.3) is 0 Å². The van der Waals surface area contributed by atoms with Gasteiger partial charge in [0.2, 0.25) is 0 Å². The maximum Gasteiger partial charge on any atom is 0.314 e. The maximum atomic E-state index is 13.8. The molecule has 2 amide bonds. The van der Waals surface area contributed by atoms with E-state index in [1.807, 2.05) is 4.90 Å². The molecule has 130 valence electrons. The highest BCUT2D eigenvalue weighted by molar-refractivity contribution is 6.39. The number of phenols is 1. The van der Waals surface area contributed by atoms with Gasteiger partial charge in [0.1, 0.15) is 11.6 Å². The molecule has 0 saturated carbocycles. The van der Waals surface area contributed by atoms with Crippen LogP contribution in [0.5, 0.6) is 5.75 Å². The molecule has 25 heavy (non-hydrogen) atoms. The minimum Gasteiger partial charge on any atom is -0.506 e. The van der Waals surface area contributed by atoms with E-state index in [1.165, 1.54) is 23.1 Å². The smallest absolute Gasteiger partial charge is 0.314 e. The summed E-state index contributed by atoms with van der Waals surface area (Å²) in [7, 11) is 0. The molecule has 6 nitrogen and oxygen atoms in total. The van der Waals surface area contributed by atoms with Crippen molar-refractivity contribution >= 4 is 23.2 Å². The standard InChI is InChI=1S/C18H18FN3O3/c19-13-5-1-3-7-15(13)21-9-11-22(12-10-21)18(25)17(24)20-14-6-2-4-8-16(14)23/h1-8,23H,9-12H2,(H,20,24). The molecule has 1 saturated heterocycles. The Labute approximate surface area is 144 Å². The highest BCUT2D eigenvalue weighted by atomic mass is 19.1. The molecule has 0 atom stereocenters. The van der Waals surface area contributed by atoms with Gasteiger partial charge in [-0.2, -0.15) is 0 Å². The summed E-state index contributed by atoms with van der Waals surface area (Å²) < 4.78 is 13.8. The van der Waals surface area contributed by atoms with Gasteiger partial charge >= 0.3 is 11.8 Å². The molecule has 0 aromatic heterocycles. The average Bonchev–Trinajstić information content (AvgIpc) is 2.63. The lowest BCUT2D eigenvalue weighted by Crippen LogP contribution is -2.51. The van der Waals surface area contributed by atoms with Gasteiger partial charge in [0.05, 0.1) is 11.4 Å².